The second-order valence-electron chi connectivity index (χ2n) is 12.8. The number of aliphatic hydroxyl groups is 1. The number of ether oxygens (including phenoxy) is 1. The minimum Gasteiger partial charge on any atom is -0.444 e. The van der Waals surface area contributed by atoms with Gasteiger partial charge in [0.1, 0.15) is 16.6 Å². The summed E-state index contributed by atoms with van der Waals surface area (Å²) in [4.78, 5) is 43.8. The molecule has 1 aliphatic heterocycles. The molecule has 12 nitrogen and oxygen atoms in total. The second kappa shape index (κ2) is 11.7. The molecular formula is C33H40N8O4. The number of allylic oxidation sites excluding steroid dienone is 1. The summed E-state index contributed by atoms with van der Waals surface area (Å²) in [5.41, 5.74) is 2.06. The van der Waals surface area contributed by atoms with E-state index in [0.29, 0.717) is 61.1 Å². The van der Waals surface area contributed by atoms with Gasteiger partial charge in [0.2, 0.25) is 5.95 Å². The number of amides is 1. The molecule has 1 atom stereocenters. The Balaban J connectivity index is 1.23. The summed E-state index contributed by atoms with van der Waals surface area (Å²) < 4.78 is 8.72. The molecule has 236 valence electrons. The molecule has 2 aliphatic rings. The summed E-state index contributed by atoms with van der Waals surface area (Å²) in [6.45, 7) is 14.1. The lowest BCUT2D eigenvalue weighted by Crippen LogP contribution is -2.50. The number of hydrogen-bond acceptors (Lipinski definition) is 9. The number of carbonyl (C=O) groups excluding carboxylic acids is 1. The van der Waals surface area contributed by atoms with Gasteiger partial charge in [-0.05, 0) is 82.9 Å². The predicted octanol–water partition coefficient (Wildman–Crippen LogP) is 4.51. The van der Waals surface area contributed by atoms with Crippen LogP contribution in [0.25, 0.3) is 16.9 Å². The Hall–Kier alpha value is -4.71. The summed E-state index contributed by atoms with van der Waals surface area (Å²) in [6.07, 6.45) is 5.26. The summed E-state index contributed by atoms with van der Waals surface area (Å²) in [6, 6.07) is 11.8. The molecule has 1 saturated heterocycles. The van der Waals surface area contributed by atoms with Crippen LogP contribution in [-0.4, -0.2) is 72.2 Å². The number of benzene rings is 1. The lowest BCUT2D eigenvalue weighted by molar-refractivity contribution is 0.0240. The third-order valence-corrected chi connectivity index (χ3v) is 8.20. The van der Waals surface area contributed by atoms with E-state index in [4.69, 9.17) is 14.7 Å². The van der Waals surface area contributed by atoms with Gasteiger partial charge in [0.25, 0.3) is 5.56 Å². The van der Waals surface area contributed by atoms with Crippen molar-refractivity contribution in [2.45, 2.75) is 64.7 Å². The van der Waals surface area contributed by atoms with Crippen LogP contribution in [0.1, 0.15) is 51.8 Å². The Labute approximate surface area is 262 Å². The maximum atomic E-state index is 13.4. The molecule has 0 saturated carbocycles. The van der Waals surface area contributed by atoms with Crippen LogP contribution in [0.4, 0.5) is 22.1 Å². The number of aromatic nitrogens is 5. The highest BCUT2D eigenvalue weighted by atomic mass is 16.6. The number of carbonyl (C=O) groups is 1. The predicted molar refractivity (Wildman–Crippen MR) is 173 cm³/mol. The van der Waals surface area contributed by atoms with E-state index in [1.54, 1.807) is 22.6 Å². The first kappa shape index (κ1) is 30.3. The highest BCUT2D eigenvalue weighted by molar-refractivity contribution is 5.77. The summed E-state index contributed by atoms with van der Waals surface area (Å²) >= 11 is 0. The van der Waals surface area contributed by atoms with Crippen molar-refractivity contribution in [3.05, 3.63) is 76.9 Å². The highest BCUT2D eigenvalue weighted by Crippen LogP contribution is 2.34. The maximum Gasteiger partial charge on any atom is 0.410 e. The first-order chi connectivity index (χ1) is 21.4. The van der Waals surface area contributed by atoms with Crippen LogP contribution in [-0.2, 0) is 23.3 Å². The zero-order valence-corrected chi connectivity index (χ0v) is 26.3. The summed E-state index contributed by atoms with van der Waals surface area (Å²) in [7, 11) is 0. The molecule has 12 heteroatoms. The van der Waals surface area contributed by atoms with Crippen molar-refractivity contribution in [2.75, 3.05) is 36.4 Å². The summed E-state index contributed by atoms with van der Waals surface area (Å²) in [5.74, 6) is 0.821. The lowest BCUT2D eigenvalue weighted by Gasteiger charge is -2.36. The lowest BCUT2D eigenvalue weighted by atomic mass is 9.84. The average molecular weight is 613 g/mol. The zero-order chi connectivity index (χ0) is 31.9. The number of hydrogen-bond donors (Lipinski definition) is 2. The molecule has 4 heterocycles. The van der Waals surface area contributed by atoms with Crippen LogP contribution >= 0.6 is 0 Å². The number of anilines is 3. The van der Waals surface area contributed by atoms with Crippen molar-refractivity contribution in [1.29, 1.82) is 0 Å². The molecular weight excluding hydrogens is 572 g/mol. The molecule has 1 fully saturated rings. The quantitative estimate of drug-likeness (QED) is 0.302. The van der Waals surface area contributed by atoms with Gasteiger partial charge in [0.05, 0.1) is 12.2 Å². The normalized spacial score (nSPS) is 18.5. The van der Waals surface area contributed by atoms with Crippen molar-refractivity contribution >= 4 is 34.4 Å². The minimum atomic E-state index is -1.05. The maximum absolute atomic E-state index is 13.4. The van der Waals surface area contributed by atoms with Crippen molar-refractivity contribution in [3.8, 4) is 5.82 Å². The van der Waals surface area contributed by atoms with E-state index in [2.05, 4.69) is 21.8 Å². The Morgan fingerprint density at radius 3 is 2.53 bits per heavy atom. The van der Waals surface area contributed by atoms with Crippen LogP contribution in [0.15, 0.2) is 60.0 Å². The second-order valence-corrected chi connectivity index (χ2v) is 12.8. The molecule has 6 rings (SSSR count). The Morgan fingerprint density at radius 1 is 1.11 bits per heavy atom. The fraction of sp³-hybridized carbons (Fsp3) is 0.424. The van der Waals surface area contributed by atoms with Gasteiger partial charge in [-0.15, -0.1) is 6.58 Å². The van der Waals surface area contributed by atoms with Crippen LogP contribution in [0.5, 0.6) is 0 Å². The van der Waals surface area contributed by atoms with Crippen LogP contribution in [0.2, 0.25) is 0 Å². The number of aryl methyl sites for hydroxylation is 1. The molecule has 2 N–H and O–H groups in total. The van der Waals surface area contributed by atoms with Crippen LogP contribution in [0.3, 0.4) is 0 Å². The number of fused-ring (bicyclic) bond motifs is 2. The van der Waals surface area contributed by atoms with Crippen molar-refractivity contribution in [3.63, 3.8) is 0 Å². The van der Waals surface area contributed by atoms with E-state index in [1.165, 1.54) is 10.9 Å². The van der Waals surface area contributed by atoms with Gasteiger partial charge in [-0.3, -0.25) is 4.79 Å². The number of pyridine rings is 1. The van der Waals surface area contributed by atoms with Crippen LogP contribution in [0, 0.1) is 0 Å². The summed E-state index contributed by atoms with van der Waals surface area (Å²) in [5, 5.41) is 14.7. The van der Waals surface area contributed by atoms with E-state index >= 15 is 0 Å². The third kappa shape index (κ3) is 6.15. The van der Waals surface area contributed by atoms with Crippen molar-refractivity contribution in [1.82, 2.24) is 29.2 Å². The molecule has 1 aromatic carbocycles. The molecule has 4 aromatic rings. The monoisotopic (exact) mass is 612 g/mol. The van der Waals surface area contributed by atoms with Gasteiger partial charge in [0.15, 0.2) is 11.5 Å². The minimum absolute atomic E-state index is 0.251. The number of rotatable bonds is 6. The fourth-order valence-corrected chi connectivity index (χ4v) is 5.97. The Bertz CT molecular complexity index is 1790. The fourth-order valence-electron chi connectivity index (χ4n) is 5.97. The van der Waals surface area contributed by atoms with Gasteiger partial charge in [0, 0.05) is 43.8 Å². The average Bonchev–Trinajstić information content (AvgIpc) is 3.27. The molecule has 1 unspecified atom stereocenters. The molecule has 1 aliphatic carbocycles. The molecule has 3 aromatic heterocycles. The molecule has 0 radical (unpaired) electrons. The number of nitrogens with zero attached hydrogens (tertiary/aromatic N) is 7. The van der Waals surface area contributed by atoms with Gasteiger partial charge in [-0.1, -0.05) is 12.1 Å². The van der Waals surface area contributed by atoms with E-state index in [-0.39, 0.29) is 18.2 Å². The molecule has 1 amide bonds. The first-order valence-corrected chi connectivity index (χ1v) is 15.4. The van der Waals surface area contributed by atoms with E-state index in [0.717, 1.165) is 29.8 Å². The zero-order valence-electron chi connectivity index (χ0n) is 26.3. The van der Waals surface area contributed by atoms with Crippen molar-refractivity contribution < 1.29 is 14.6 Å². The molecule has 0 bridgehead atoms. The Morgan fingerprint density at radius 2 is 1.84 bits per heavy atom. The Kier molecular flexibility index (Phi) is 7.86. The third-order valence-electron chi connectivity index (χ3n) is 8.20. The van der Waals surface area contributed by atoms with Crippen molar-refractivity contribution in [2.24, 2.45) is 0 Å². The van der Waals surface area contributed by atoms with Gasteiger partial charge < -0.3 is 25.0 Å². The van der Waals surface area contributed by atoms with Crippen LogP contribution < -0.4 is 15.8 Å². The molecule has 45 heavy (non-hydrogen) atoms. The van der Waals surface area contributed by atoms with E-state index in [1.807, 2.05) is 57.2 Å². The number of piperazine rings is 1. The van der Waals surface area contributed by atoms with E-state index < -0.39 is 11.2 Å². The van der Waals surface area contributed by atoms with Gasteiger partial charge >= 0.3 is 6.09 Å². The molecule has 0 spiro atoms. The van der Waals surface area contributed by atoms with Gasteiger partial charge in [-0.25, -0.2) is 24.1 Å². The topological polar surface area (TPSA) is 131 Å². The number of nitrogens with one attached hydrogen (secondary N) is 1. The first-order valence-electron chi connectivity index (χ1n) is 15.4. The van der Waals surface area contributed by atoms with E-state index in [9.17, 15) is 14.7 Å². The van der Waals surface area contributed by atoms with Gasteiger partial charge in [-0.2, -0.15) is 4.98 Å². The smallest absolute Gasteiger partial charge is 0.410 e. The SMILES string of the molecule is C=CCn1c(=O)c2cnc(Nc3ccc(N4CCN(C(=O)OC(C)(C)C)CC4)cc3)nc2n1-c1ccc2c(n1)C(C)(O)CCC2. The highest BCUT2D eigenvalue weighted by Gasteiger charge is 2.32. The standard InChI is InChI=1S/C33H40N8O4/c1-6-16-40-29(42)25-21-34-30(37-28(25)41(40)26-14-9-22-8-7-15-33(5,44)27(22)36-26)35-23-10-12-24(13-11-23)38-17-19-39(20-18-38)31(43)45-32(2,3)4/h6,9-14,21,44H,1,7-8,15-20H2,2-5H3,(H,34,35,37). The largest absolute Gasteiger partial charge is 0.444 e.